The molecule has 9 heteroatoms. The maximum Gasteiger partial charge on any atom is 0.322 e. The van der Waals surface area contributed by atoms with E-state index in [-0.39, 0.29) is 62.4 Å². The molecule has 0 bridgehead atoms. The van der Waals surface area contributed by atoms with Crippen LogP contribution in [0.4, 0.5) is 10.5 Å². The molecule has 5 rings (SSSR count). The van der Waals surface area contributed by atoms with Crippen LogP contribution >= 0.6 is 11.6 Å². The lowest BCUT2D eigenvalue weighted by molar-refractivity contribution is -0.150. The van der Waals surface area contributed by atoms with Crippen LogP contribution in [0, 0.1) is 0 Å². The average Bonchev–Trinajstić information content (AvgIpc) is 3.25. The fourth-order valence-corrected chi connectivity index (χ4v) is 5.58. The van der Waals surface area contributed by atoms with E-state index in [1.807, 2.05) is 12.1 Å². The number of rotatable bonds is 4. The van der Waals surface area contributed by atoms with Crippen molar-refractivity contribution in [2.24, 2.45) is 0 Å². The molecule has 0 saturated carbocycles. The van der Waals surface area contributed by atoms with Gasteiger partial charge < -0.3 is 30.1 Å². The van der Waals surface area contributed by atoms with Crippen LogP contribution in [0.3, 0.4) is 0 Å². The van der Waals surface area contributed by atoms with Crippen LogP contribution in [0.2, 0.25) is 5.02 Å². The molecule has 2 fully saturated rings. The first-order valence-electron chi connectivity index (χ1n) is 12.5. The SMILES string of the molecule is O=C(C[C@H]1CC[C@H]2[C@@H](COC[C@H](O)CN2C(=O)Nc2ccc(Cl)cc2)O1)NC1Cc2ccccc2C1. The van der Waals surface area contributed by atoms with E-state index in [2.05, 4.69) is 22.8 Å². The molecule has 192 valence electrons. The molecule has 2 aromatic rings. The minimum atomic E-state index is -0.791. The van der Waals surface area contributed by atoms with E-state index < -0.39 is 6.10 Å². The summed E-state index contributed by atoms with van der Waals surface area (Å²) in [6.45, 7) is 0.505. The molecule has 0 spiro atoms. The zero-order valence-electron chi connectivity index (χ0n) is 20.1. The second-order valence-electron chi connectivity index (χ2n) is 9.87. The average molecular weight is 514 g/mol. The van der Waals surface area contributed by atoms with Crippen LogP contribution < -0.4 is 10.6 Å². The Balaban J connectivity index is 1.18. The Bertz CT molecular complexity index is 1060. The van der Waals surface area contributed by atoms with Gasteiger partial charge in [0.15, 0.2) is 0 Å². The summed E-state index contributed by atoms with van der Waals surface area (Å²) >= 11 is 5.95. The zero-order valence-corrected chi connectivity index (χ0v) is 20.8. The number of ether oxygens (including phenoxy) is 2. The first-order valence-corrected chi connectivity index (χ1v) is 12.9. The molecule has 1 aliphatic carbocycles. The van der Waals surface area contributed by atoms with Gasteiger partial charge in [-0.25, -0.2) is 4.79 Å². The molecule has 4 atom stereocenters. The lowest BCUT2D eigenvalue weighted by atomic mass is 9.95. The van der Waals surface area contributed by atoms with Gasteiger partial charge in [-0.05, 0) is 61.1 Å². The van der Waals surface area contributed by atoms with Gasteiger partial charge in [-0.15, -0.1) is 0 Å². The van der Waals surface area contributed by atoms with Crippen LogP contribution in [-0.2, 0) is 27.1 Å². The fourth-order valence-electron chi connectivity index (χ4n) is 5.46. The number of aliphatic hydroxyl groups excluding tert-OH is 1. The van der Waals surface area contributed by atoms with Crippen LogP contribution in [-0.4, -0.2) is 72.1 Å². The highest BCUT2D eigenvalue weighted by Gasteiger charge is 2.40. The number of aliphatic hydroxyl groups is 1. The summed E-state index contributed by atoms with van der Waals surface area (Å²) in [7, 11) is 0. The highest BCUT2D eigenvalue weighted by molar-refractivity contribution is 6.30. The summed E-state index contributed by atoms with van der Waals surface area (Å²) < 4.78 is 12.0. The van der Waals surface area contributed by atoms with Gasteiger partial charge in [-0.1, -0.05) is 35.9 Å². The second-order valence-corrected chi connectivity index (χ2v) is 10.3. The number of anilines is 1. The fraction of sp³-hybridized carbons (Fsp3) is 0.481. The Labute approximate surface area is 215 Å². The van der Waals surface area contributed by atoms with Crippen molar-refractivity contribution in [3.8, 4) is 0 Å². The second kappa shape index (κ2) is 11.2. The molecule has 0 radical (unpaired) electrons. The number of nitrogens with zero attached hydrogens (tertiary/aromatic N) is 1. The van der Waals surface area contributed by atoms with Crippen molar-refractivity contribution in [3.63, 3.8) is 0 Å². The lowest BCUT2D eigenvalue weighted by Crippen LogP contribution is -2.58. The number of β-amino-alcohol motifs (C(OH)–C–C–N with tert-alkyl or cyclic N) is 1. The zero-order chi connectivity index (χ0) is 25.1. The van der Waals surface area contributed by atoms with Crippen molar-refractivity contribution >= 4 is 29.2 Å². The number of halogens is 1. The van der Waals surface area contributed by atoms with E-state index in [4.69, 9.17) is 21.1 Å². The van der Waals surface area contributed by atoms with E-state index in [9.17, 15) is 14.7 Å². The molecule has 2 saturated heterocycles. The Morgan fingerprint density at radius 1 is 1.03 bits per heavy atom. The number of fused-ring (bicyclic) bond motifs is 2. The molecule has 2 aromatic carbocycles. The molecule has 0 unspecified atom stereocenters. The normalized spacial score (nSPS) is 26.3. The largest absolute Gasteiger partial charge is 0.389 e. The van der Waals surface area contributed by atoms with Gasteiger partial charge in [0, 0.05) is 16.8 Å². The van der Waals surface area contributed by atoms with Crippen molar-refractivity contribution < 1.29 is 24.2 Å². The molecule has 2 heterocycles. The van der Waals surface area contributed by atoms with Crippen molar-refractivity contribution in [2.45, 2.75) is 62.5 Å². The predicted molar refractivity (Wildman–Crippen MR) is 136 cm³/mol. The van der Waals surface area contributed by atoms with Gasteiger partial charge in [0.2, 0.25) is 5.91 Å². The van der Waals surface area contributed by atoms with E-state index in [0.29, 0.717) is 23.6 Å². The van der Waals surface area contributed by atoms with E-state index in [1.165, 1.54) is 11.1 Å². The Morgan fingerprint density at radius 3 is 2.47 bits per heavy atom. The third kappa shape index (κ3) is 6.00. The summed E-state index contributed by atoms with van der Waals surface area (Å²) in [5.74, 6) is -0.0178. The molecular weight excluding hydrogens is 482 g/mol. The number of nitrogens with one attached hydrogen (secondary N) is 2. The molecule has 3 amide bonds. The van der Waals surface area contributed by atoms with Gasteiger partial charge in [0.05, 0.1) is 44.4 Å². The lowest BCUT2D eigenvalue weighted by Gasteiger charge is -2.44. The number of carbonyl (C=O) groups is 2. The van der Waals surface area contributed by atoms with Gasteiger partial charge >= 0.3 is 6.03 Å². The number of hydrogen-bond acceptors (Lipinski definition) is 5. The molecule has 8 nitrogen and oxygen atoms in total. The quantitative estimate of drug-likeness (QED) is 0.583. The van der Waals surface area contributed by atoms with Crippen LogP contribution in [0.1, 0.15) is 30.4 Å². The first kappa shape index (κ1) is 25.0. The highest BCUT2D eigenvalue weighted by Crippen LogP contribution is 2.29. The Morgan fingerprint density at radius 2 is 1.75 bits per heavy atom. The van der Waals surface area contributed by atoms with Crippen molar-refractivity contribution in [2.75, 3.05) is 25.1 Å². The summed E-state index contributed by atoms with van der Waals surface area (Å²) in [5.41, 5.74) is 3.21. The van der Waals surface area contributed by atoms with Crippen LogP contribution in [0.15, 0.2) is 48.5 Å². The molecular formula is C27H32ClN3O5. The summed E-state index contributed by atoms with van der Waals surface area (Å²) in [6.07, 6.45) is 1.86. The monoisotopic (exact) mass is 513 g/mol. The van der Waals surface area contributed by atoms with Crippen molar-refractivity contribution in [1.29, 1.82) is 0 Å². The van der Waals surface area contributed by atoms with Crippen molar-refractivity contribution in [1.82, 2.24) is 10.2 Å². The van der Waals surface area contributed by atoms with E-state index in [0.717, 1.165) is 12.8 Å². The smallest absolute Gasteiger partial charge is 0.322 e. The molecule has 36 heavy (non-hydrogen) atoms. The van der Waals surface area contributed by atoms with Gasteiger partial charge in [-0.3, -0.25) is 4.79 Å². The minimum absolute atomic E-state index is 0.0178. The maximum atomic E-state index is 13.2. The molecule has 3 aliphatic rings. The van der Waals surface area contributed by atoms with Crippen LogP contribution in [0.5, 0.6) is 0 Å². The van der Waals surface area contributed by atoms with Gasteiger partial charge in [0.25, 0.3) is 0 Å². The number of amides is 3. The Hall–Kier alpha value is -2.65. The highest BCUT2D eigenvalue weighted by atomic mass is 35.5. The first-order chi connectivity index (χ1) is 17.4. The van der Waals surface area contributed by atoms with E-state index in [1.54, 1.807) is 29.2 Å². The number of benzene rings is 2. The number of carbonyl (C=O) groups excluding carboxylic acids is 2. The summed E-state index contributed by atoms with van der Waals surface area (Å²) in [6, 6.07) is 14.7. The standard InChI is InChI=1S/C27H32ClN3O5/c28-19-5-7-20(8-6-19)30-27(34)31-14-22(32)15-35-16-25-24(31)10-9-23(36-25)13-26(33)29-21-11-17-3-1-2-4-18(17)12-21/h1-8,21-25,32H,9-16H2,(H,29,33)(H,30,34)/t22-,23-,24+,25-/m1/s1. The van der Waals surface area contributed by atoms with Gasteiger partial charge in [0.1, 0.15) is 6.10 Å². The minimum Gasteiger partial charge on any atom is -0.389 e. The summed E-state index contributed by atoms with van der Waals surface area (Å²) in [5, 5.41) is 17.0. The number of hydrogen-bond donors (Lipinski definition) is 3. The topological polar surface area (TPSA) is 100 Å². The summed E-state index contributed by atoms with van der Waals surface area (Å²) in [4.78, 5) is 27.6. The van der Waals surface area contributed by atoms with Crippen LogP contribution in [0.25, 0.3) is 0 Å². The third-order valence-electron chi connectivity index (χ3n) is 7.17. The predicted octanol–water partition coefficient (Wildman–Crippen LogP) is 3.15. The maximum absolute atomic E-state index is 13.2. The molecule has 3 N–H and O–H groups in total. The third-order valence-corrected chi connectivity index (χ3v) is 7.42. The van der Waals surface area contributed by atoms with Crippen molar-refractivity contribution in [3.05, 3.63) is 64.7 Å². The Kier molecular flexibility index (Phi) is 7.76. The molecule has 2 aliphatic heterocycles. The number of urea groups is 1. The van der Waals surface area contributed by atoms with E-state index >= 15 is 0 Å². The van der Waals surface area contributed by atoms with Gasteiger partial charge in [-0.2, -0.15) is 0 Å². The molecule has 0 aromatic heterocycles.